The number of benzene rings is 2. The maximum absolute atomic E-state index is 6.15. The van der Waals surface area contributed by atoms with E-state index in [-0.39, 0.29) is 6.10 Å². The van der Waals surface area contributed by atoms with Crippen LogP contribution < -0.4 is 14.8 Å². The molecule has 1 heterocycles. The molecule has 0 bridgehead atoms. The lowest BCUT2D eigenvalue weighted by Gasteiger charge is -2.32. The standard InChI is InChI=1S/C17H19NO2/c1-18-15-11-17(12-6-5-7-13(10-12)19-2)20-16-9-4-3-8-14(15)16/h3-10,15,17-18H,11H2,1-2H3. The van der Waals surface area contributed by atoms with Crippen LogP contribution in [0.3, 0.4) is 0 Å². The fraction of sp³-hybridized carbons (Fsp3) is 0.294. The van der Waals surface area contributed by atoms with E-state index in [2.05, 4.69) is 23.5 Å². The van der Waals surface area contributed by atoms with Crippen LogP contribution in [0.25, 0.3) is 0 Å². The Morgan fingerprint density at radius 2 is 2.00 bits per heavy atom. The minimum Gasteiger partial charge on any atom is -0.497 e. The van der Waals surface area contributed by atoms with Crippen LogP contribution in [-0.2, 0) is 0 Å². The second-order valence-electron chi connectivity index (χ2n) is 5.00. The van der Waals surface area contributed by atoms with Gasteiger partial charge in [0.05, 0.1) is 7.11 Å². The van der Waals surface area contributed by atoms with Crippen molar-refractivity contribution >= 4 is 0 Å². The van der Waals surface area contributed by atoms with Crippen LogP contribution in [0.4, 0.5) is 0 Å². The number of rotatable bonds is 3. The molecule has 20 heavy (non-hydrogen) atoms. The third-order valence-corrected chi connectivity index (χ3v) is 3.83. The van der Waals surface area contributed by atoms with E-state index in [4.69, 9.17) is 9.47 Å². The van der Waals surface area contributed by atoms with Crippen LogP contribution in [0.15, 0.2) is 48.5 Å². The number of nitrogens with one attached hydrogen (secondary N) is 1. The van der Waals surface area contributed by atoms with Crippen molar-refractivity contribution in [3.05, 3.63) is 59.7 Å². The molecule has 1 aliphatic heterocycles. The molecule has 2 atom stereocenters. The summed E-state index contributed by atoms with van der Waals surface area (Å²) in [5.74, 6) is 1.83. The fourth-order valence-electron chi connectivity index (χ4n) is 2.74. The molecule has 0 aliphatic carbocycles. The van der Waals surface area contributed by atoms with Crippen LogP contribution in [0.1, 0.15) is 29.7 Å². The summed E-state index contributed by atoms with van der Waals surface area (Å²) in [6.07, 6.45) is 0.971. The van der Waals surface area contributed by atoms with E-state index in [1.165, 1.54) is 5.56 Å². The van der Waals surface area contributed by atoms with Crippen LogP contribution in [-0.4, -0.2) is 14.2 Å². The zero-order valence-corrected chi connectivity index (χ0v) is 11.8. The fourth-order valence-corrected chi connectivity index (χ4v) is 2.74. The smallest absolute Gasteiger partial charge is 0.126 e. The van der Waals surface area contributed by atoms with Gasteiger partial charge in [-0.05, 0) is 30.8 Å². The van der Waals surface area contributed by atoms with Crippen molar-refractivity contribution in [3.8, 4) is 11.5 Å². The van der Waals surface area contributed by atoms with Crippen LogP contribution in [0, 0.1) is 0 Å². The number of fused-ring (bicyclic) bond motifs is 1. The first kappa shape index (κ1) is 13.0. The average molecular weight is 269 g/mol. The minimum absolute atomic E-state index is 0.0532. The Bertz CT molecular complexity index is 597. The largest absolute Gasteiger partial charge is 0.497 e. The van der Waals surface area contributed by atoms with Crippen molar-refractivity contribution in [3.63, 3.8) is 0 Å². The van der Waals surface area contributed by atoms with Gasteiger partial charge in [-0.1, -0.05) is 30.3 Å². The predicted octanol–water partition coefficient (Wildman–Crippen LogP) is 3.48. The summed E-state index contributed by atoms with van der Waals surface area (Å²) < 4.78 is 11.5. The molecule has 0 saturated carbocycles. The number of ether oxygens (including phenoxy) is 2. The lowest BCUT2D eigenvalue weighted by molar-refractivity contribution is 0.153. The second-order valence-corrected chi connectivity index (χ2v) is 5.00. The summed E-state index contributed by atoms with van der Waals surface area (Å²) in [6.45, 7) is 0. The Hall–Kier alpha value is -2.00. The zero-order chi connectivity index (χ0) is 13.9. The maximum atomic E-state index is 6.15. The summed E-state index contributed by atoms with van der Waals surface area (Å²) in [7, 11) is 3.68. The van der Waals surface area contributed by atoms with Gasteiger partial charge in [-0.2, -0.15) is 0 Å². The van der Waals surface area contributed by atoms with Gasteiger partial charge in [0, 0.05) is 18.0 Å². The van der Waals surface area contributed by atoms with Gasteiger partial charge in [0.15, 0.2) is 0 Å². The quantitative estimate of drug-likeness (QED) is 0.925. The van der Waals surface area contributed by atoms with Gasteiger partial charge < -0.3 is 14.8 Å². The van der Waals surface area contributed by atoms with Gasteiger partial charge in [-0.25, -0.2) is 0 Å². The van der Waals surface area contributed by atoms with Crippen molar-refractivity contribution in [1.82, 2.24) is 5.32 Å². The Kier molecular flexibility index (Phi) is 3.61. The molecule has 0 amide bonds. The predicted molar refractivity (Wildman–Crippen MR) is 79.2 cm³/mol. The molecule has 104 valence electrons. The molecule has 3 nitrogen and oxygen atoms in total. The van der Waals surface area contributed by atoms with Crippen molar-refractivity contribution in [2.75, 3.05) is 14.2 Å². The first-order valence-electron chi connectivity index (χ1n) is 6.88. The zero-order valence-electron chi connectivity index (χ0n) is 11.8. The molecule has 0 spiro atoms. The van der Waals surface area contributed by atoms with E-state index in [9.17, 15) is 0 Å². The molecular formula is C17H19NO2. The second kappa shape index (κ2) is 5.55. The molecule has 0 aromatic heterocycles. The summed E-state index contributed by atoms with van der Waals surface area (Å²) in [4.78, 5) is 0. The van der Waals surface area contributed by atoms with Crippen LogP contribution >= 0.6 is 0 Å². The van der Waals surface area contributed by atoms with E-state index >= 15 is 0 Å². The van der Waals surface area contributed by atoms with E-state index in [0.717, 1.165) is 23.5 Å². The number of para-hydroxylation sites is 1. The van der Waals surface area contributed by atoms with Gasteiger partial charge in [-0.3, -0.25) is 0 Å². The Labute approximate surface area is 119 Å². The Morgan fingerprint density at radius 1 is 1.15 bits per heavy atom. The lowest BCUT2D eigenvalue weighted by atomic mass is 9.93. The van der Waals surface area contributed by atoms with Crippen LogP contribution in [0.2, 0.25) is 0 Å². The third kappa shape index (κ3) is 2.37. The molecule has 1 aliphatic rings. The summed E-state index contributed by atoms with van der Waals surface area (Å²) in [5.41, 5.74) is 2.38. The highest BCUT2D eigenvalue weighted by atomic mass is 16.5. The van der Waals surface area contributed by atoms with Crippen molar-refractivity contribution in [2.24, 2.45) is 0 Å². The van der Waals surface area contributed by atoms with E-state index in [1.54, 1.807) is 7.11 Å². The summed E-state index contributed by atoms with van der Waals surface area (Å²) in [6, 6.07) is 16.6. The summed E-state index contributed by atoms with van der Waals surface area (Å²) >= 11 is 0. The molecule has 0 radical (unpaired) electrons. The lowest BCUT2D eigenvalue weighted by Crippen LogP contribution is -2.26. The van der Waals surface area contributed by atoms with Crippen LogP contribution in [0.5, 0.6) is 11.5 Å². The first-order chi connectivity index (χ1) is 9.81. The molecule has 3 heteroatoms. The third-order valence-electron chi connectivity index (χ3n) is 3.83. The van der Waals surface area contributed by atoms with Gasteiger partial charge in [0.1, 0.15) is 17.6 Å². The van der Waals surface area contributed by atoms with E-state index in [0.29, 0.717) is 6.04 Å². The highest BCUT2D eigenvalue weighted by molar-refractivity contribution is 5.40. The van der Waals surface area contributed by atoms with Gasteiger partial charge in [0.2, 0.25) is 0 Å². The van der Waals surface area contributed by atoms with Crippen molar-refractivity contribution in [2.45, 2.75) is 18.6 Å². The van der Waals surface area contributed by atoms with Crippen molar-refractivity contribution < 1.29 is 9.47 Å². The molecular weight excluding hydrogens is 250 g/mol. The average Bonchev–Trinajstić information content (AvgIpc) is 2.53. The number of hydrogen-bond acceptors (Lipinski definition) is 3. The maximum Gasteiger partial charge on any atom is 0.126 e. The normalized spacial score (nSPS) is 20.9. The molecule has 2 unspecified atom stereocenters. The van der Waals surface area contributed by atoms with Gasteiger partial charge in [-0.15, -0.1) is 0 Å². The molecule has 2 aromatic carbocycles. The highest BCUT2D eigenvalue weighted by Gasteiger charge is 2.28. The van der Waals surface area contributed by atoms with Crippen molar-refractivity contribution in [1.29, 1.82) is 0 Å². The Balaban J connectivity index is 1.93. The minimum atomic E-state index is 0.0532. The monoisotopic (exact) mass is 269 g/mol. The number of methoxy groups -OCH3 is 1. The van der Waals surface area contributed by atoms with Gasteiger partial charge >= 0.3 is 0 Å². The SMILES string of the molecule is CNC1CC(c2cccc(OC)c2)Oc2ccccc21. The van der Waals surface area contributed by atoms with E-state index in [1.807, 2.05) is 37.4 Å². The Morgan fingerprint density at radius 3 is 2.80 bits per heavy atom. The van der Waals surface area contributed by atoms with E-state index < -0.39 is 0 Å². The number of hydrogen-bond donors (Lipinski definition) is 1. The molecule has 3 rings (SSSR count). The molecule has 1 N–H and O–H groups in total. The topological polar surface area (TPSA) is 30.5 Å². The van der Waals surface area contributed by atoms with Gasteiger partial charge in [0.25, 0.3) is 0 Å². The molecule has 2 aromatic rings. The summed E-state index contributed by atoms with van der Waals surface area (Å²) in [5, 5.41) is 3.38. The highest BCUT2D eigenvalue weighted by Crippen LogP contribution is 2.40. The molecule has 0 fully saturated rings. The molecule has 0 saturated heterocycles. The first-order valence-corrected chi connectivity index (χ1v) is 6.88.